The molecule has 2 atom stereocenters. The van der Waals surface area contributed by atoms with E-state index in [1.165, 1.54) is 22.7 Å². The zero-order valence-electron chi connectivity index (χ0n) is 28.1. The molecule has 0 aliphatic carbocycles. The number of amides is 2. The highest BCUT2D eigenvalue weighted by molar-refractivity contribution is 7.13. The first-order valence-electron chi connectivity index (χ1n) is 16.1. The predicted octanol–water partition coefficient (Wildman–Crippen LogP) is 7.65. The second-order valence-electron chi connectivity index (χ2n) is 11.4. The van der Waals surface area contributed by atoms with Crippen LogP contribution >= 0.6 is 34.3 Å². The van der Waals surface area contributed by atoms with E-state index in [4.69, 9.17) is 16.3 Å². The number of nitrogens with one attached hydrogen (secondary N) is 2. The number of rotatable bonds is 13. The van der Waals surface area contributed by atoms with Gasteiger partial charge in [0, 0.05) is 33.3 Å². The van der Waals surface area contributed by atoms with Crippen molar-refractivity contribution in [1.29, 1.82) is 0 Å². The lowest BCUT2D eigenvalue weighted by atomic mass is 10.0. The maximum absolute atomic E-state index is 12.6. The number of carboxylic acid groups (broad SMARTS) is 2. The second-order valence-corrected chi connectivity index (χ2v) is 13.6. The lowest BCUT2D eigenvalue weighted by Crippen LogP contribution is -2.42. The lowest BCUT2D eigenvalue weighted by Gasteiger charge is -2.17. The first kappa shape index (κ1) is 38.3. The summed E-state index contributed by atoms with van der Waals surface area (Å²) in [5, 5.41) is 29.2. The molecule has 2 heterocycles. The molecule has 0 unspecified atom stereocenters. The van der Waals surface area contributed by atoms with E-state index in [-0.39, 0.29) is 24.2 Å². The van der Waals surface area contributed by atoms with Crippen LogP contribution in [0.3, 0.4) is 0 Å². The maximum Gasteiger partial charge on any atom is 0.326 e. The maximum atomic E-state index is 12.6. The Morgan fingerprint density at radius 2 is 1.23 bits per heavy atom. The highest BCUT2D eigenvalue weighted by Crippen LogP contribution is 2.26. The summed E-state index contributed by atoms with van der Waals surface area (Å²) < 4.78 is 5.11. The van der Waals surface area contributed by atoms with Crippen LogP contribution in [-0.4, -0.2) is 57.1 Å². The van der Waals surface area contributed by atoms with Crippen molar-refractivity contribution >= 4 is 58.0 Å². The molecule has 6 rings (SSSR count). The molecule has 11 nitrogen and oxygen atoms in total. The summed E-state index contributed by atoms with van der Waals surface area (Å²) in [5.74, 6) is -2.36. The van der Waals surface area contributed by atoms with Gasteiger partial charge < -0.3 is 25.6 Å². The minimum absolute atomic E-state index is 0.161. The molecule has 0 bridgehead atoms. The summed E-state index contributed by atoms with van der Waals surface area (Å²) in [6, 6.07) is 31.1. The molecule has 6 aromatic rings. The van der Waals surface area contributed by atoms with Crippen LogP contribution in [0, 0.1) is 0 Å². The molecule has 0 saturated heterocycles. The summed E-state index contributed by atoms with van der Waals surface area (Å²) in [6.45, 7) is 0. The molecule has 14 heteroatoms. The number of carboxylic acids is 2. The normalized spacial score (nSPS) is 11.7. The van der Waals surface area contributed by atoms with E-state index in [1.54, 1.807) is 66.4 Å². The van der Waals surface area contributed by atoms with Gasteiger partial charge >= 0.3 is 11.9 Å². The van der Waals surface area contributed by atoms with Gasteiger partial charge in [-0.25, -0.2) is 14.8 Å². The van der Waals surface area contributed by atoms with E-state index < -0.39 is 35.8 Å². The Labute approximate surface area is 317 Å². The van der Waals surface area contributed by atoms with Gasteiger partial charge in [0.2, 0.25) is 0 Å². The van der Waals surface area contributed by atoms with Crippen molar-refractivity contribution in [2.24, 2.45) is 0 Å². The fraction of sp³-hybridized carbons (Fsp3) is 0.128. The summed E-state index contributed by atoms with van der Waals surface area (Å²) in [4.78, 5) is 56.4. The van der Waals surface area contributed by atoms with Gasteiger partial charge in [-0.3, -0.25) is 14.4 Å². The first-order chi connectivity index (χ1) is 25.6. The van der Waals surface area contributed by atoms with Crippen LogP contribution in [0.2, 0.25) is 5.02 Å². The molecule has 2 aromatic heterocycles. The summed E-state index contributed by atoms with van der Waals surface area (Å²) in [6.07, 6.45) is -0.0678. The average molecular weight is 769 g/mol. The van der Waals surface area contributed by atoms with Crippen molar-refractivity contribution in [1.82, 2.24) is 20.6 Å². The molecule has 270 valence electrons. The van der Waals surface area contributed by atoms with Gasteiger partial charge in [0.1, 0.15) is 33.2 Å². The molecular formula is C39H33ClN4O7S2. The van der Waals surface area contributed by atoms with Crippen LogP contribution < -0.4 is 15.4 Å². The number of carbonyl (C=O) groups is 4. The quantitative estimate of drug-likeness (QED) is 0.0923. The predicted molar refractivity (Wildman–Crippen MR) is 205 cm³/mol. The average Bonchev–Trinajstić information content (AvgIpc) is 3.88. The lowest BCUT2D eigenvalue weighted by molar-refractivity contribution is -0.139. The summed E-state index contributed by atoms with van der Waals surface area (Å²) in [5.41, 5.74) is 3.76. The van der Waals surface area contributed by atoms with Crippen molar-refractivity contribution < 1.29 is 34.1 Å². The minimum Gasteiger partial charge on any atom is -0.497 e. The molecule has 0 radical (unpaired) electrons. The minimum atomic E-state index is -1.10. The molecule has 4 aromatic carbocycles. The molecule has 2 amide bonds. The zero-order chi connectivity index (χ0) is 37.7. The second kappa shape index (κ2) is 18.6. The molecule has 53 heavy (non-hydrogen) atoms. The number of methoxy groups -OCH3 is 1. The zero-order valence-corrected chi connectivity index (χ0v) is 30.5. The highest BCUT2D eigenvalue weighted by atomic mass is 35.5. The van der Waals surface area contributed by atoms with Crippen molar-refractivity contribution in [2.45, 2.75) is 24.9 Å². The van der Waals surface area contributed by atoms with Crippen LogP contribution in [0.4, 0.5) is 0 Å². The van der Waals surface area contributed by atoms with Gasteiger partial charge in [-0.2, -0.15) is 0 Å². The molecule has 0 saturated carbocycles. The van der Waals surface area contributed by atoms with Crippen LogP contribution in [0.25, 0.3) is 21.1 Å². The Morgan fingerprint density at radius 1 is 0.717 bits per heavy atom. The monoisotopic (exact) mass is 768 g/mol. The van der Waals surface area contributed by atoms with Gasteiger partial charge in [-0.15, -0.1) is 22.7 Å². The van der Waals surface area contributed by atoms with Gasteiger partial charge in [-0.1, -0.05) is 96.5 Å². The van der Waals surface area contributed by atoms with E-state index in [0.717, 1.165) is 21.7 Å². The van der Waals surface area contributed by atoms with Gasteiger partial charge in [0.15, 0.2) is 0 Å². The number of hydrogen-bond donors (Lipinski definition) is 4. The smallest absolute Gasteiger partial charge is 0.326 e. The van der Waals surface area contributed by atoms with E-state index in [0.29, 0.717) is 21.3 Å². The molecule has 0 aliphatic heterocycles. The number of aromatic nitrogens is 2. The number of ether oxygens (including phenoxy) is 1. The van der Waals surface area contributed by atoms with Crippen LogP contribution in [0.5, 0.6) is 5.75 Å². The number of aliphatic carboxylic acids is 2. The van der Waals surface area contributed by atoms with Crippen molar-refractivity contribution in [3.8, 4) is 26.9 Å². The van der Waals surface area contributed by atoms with E-state index in [9.17, 15) is 29.4 Å². The van der Waals surface area contributed by atoms with E-state index >= 15 is 0 Å². The van der Waals surface area contributed by atoms with Gasteiger partial charge in [-0.05, 0) is 35.4 Å². The number of thiazole rings is 2. The Hall–Kier alpha value is -5.89. The Morgan fingerprint density at radius 3 is 1.70 bits per heavy atom. The van der Waals surface area contributed by atoms with Gasteiger partial charge in [0.25, 0.3) is 11.8 Å². The molecule has 0 spiro atoms. The van der Waals surface area contributed by atoms with E-state index in [2.05, 4.69) is 20.6 Å². The summed E-state index contributed by atoms with van der Waals surface area (Å²) in [7, 11) is 1.55. The summed E-state index contributed by atoms with van der Waals surface area (Å²) >= 11 is 8.54. The number of halogens is 1. The molecular weight excluding hydrogens is 736 g/mol. The van der Waals surface area contributed by atoms with Crippen molar-refractivity contribution in [3.63, 3.8) is 0 Å². The Balaban J connectivity index is 0.000000204. The fourth-order valence-electron chi connectivity index (χ4n) is 4.97. The SMILES string of the molecule is COc1ccc([C@H](CC(=O)O)NC(=O)c2csc(-c3ccccc3)n2)cc1.O=C(N[C@@H](Cc1ccc(Cl)cc1)C(=O)O)c1csc(-c2ccccc2)n1. The molecule has 4 N–H and O–H groups in total. The molecule has 0 fully saturated rings. The largest absolute Gasteiger partial charge is 0.497 e. The third-order valence-electron chi connectivity index (χ3n) is 7.67. The standard InChI is InChI=1S/C20H18N2O4S.C19H15ClN2O3S/c1-26-15-9-7-13(8-10-15)16(11-18(23)24)21-19(25)17-12-27-20(22-17)14-5-3-2-4-6-14;20-14-8-6-12(7-9-14)10-15(19(24)25)21-17(23)16-11-26-18(22-16)13-4-2-1-3-5-13/h2-10,12,16H,11H2,1H3,(H,21,25)(H,23,24);1-9,11,15H,10H2,(H,21,23)(H,24,25)/t16-;15-/m00/s1. The third kappa shape index (κ3) is 11.0. The number of benzene rings is 4. The van der Waals surface area contributed by atoms with Crippen molar-refractivity contribution in [3.05, 3.63) is 147 Å². The topological polar surface area (TPSA) is 168 Å². The van der Waals surface area contributed by atoms with Crippen LogP contribution in [0.15, 0.2) is 120 Å². The number of hydrogen-bond acceptors (Lipinski definition) is 9. The van der Waals surface area contributed by atoms with E-state index in [1.807, 2.05) is 60.7 Å². The highest BCUT2D eigenvalue weighted by Gasteiger charge is 2.23. The van der Waals surface area contributed by atoms with Gasteiger partial charge in [0.05, 0.1) is 19.6 Å². The fourth-order valence-corrected chi connectivity index (χ4v) is 6.70. The number of carbonyl (C=O) groups excluding carboxylic acids is 2. The van der Waals surface area contributed by atoms with Crippen LogP contribution in [-0.2, 0) is 16.0 Å². The third-order valence-corrected chi connectivity index (χ3v) is 9.71. The van der Waals surface area contributed by atoms with Crippen LogP contribution in [0.1, 0.15) is 44.6 Å². The Bertz CT molecular complexity index is 2140. The number of nitrogens with zero attached hydrogens (tertiary/aromatic N) is 2. The Kier molecular flexibility index (Phi) is 13.4. The molecule has 0 aliphatic rings. The first-order valence-corrected chi connectivity index (χ1v) is 18.2. The van der Waals surface area contributed by atoms with Crippen molar-refractivity contribution in [2.75, 3.05) is 7.11 Å².